The molecule has 0 amide bonds. The molecule has 0 atom stereocenters. The summed E-state index contributed by atoms with van der Waals surface area (Å²) in [6.07, 6.45) is 0.926. The molecule has 0 aliphatic carbocycles. The van der Waals surface area contributed by atoms with Crippen LogP contribution in [0.1, 0.15) is 6.42 Å². The maximum atomic E-state index is 5.57. The molecule has 0 aliphatic heterocycles. The van der Waals surface area contributed by atoms with Gasteiger partial charge in [0.2, 0.25) is 0 Å². The van der Waals surface area contributed by atoms with Crippen LogP contribution in [0.25, 0.3) is 11.1 Å². The molecule has 2 heteroatoms. The van der Waals surface area contributed by atoms with Gasteiger partial charge in [-0.15, -0.1) is 0 Å². The van der Waals surface area contributed by atoms with Gasteiger partial charge in [-0.05, 0) is 29.7 Å². The van der Waals surface area contributed by atoms with Crippen LogP contribution in [-0.4, -0.2) is 12.4 Å². The summed E-state index contributed by atoms with van der Waals surface area (Å²) in [6, 6.07) is 18.5. The molecule has 1 radical (unpaired) electrons. The average molecular weight is 243 g/mol. The van der Waals surface area contributed by atoms with Gasteiger partial charge in [0.05, 0.1) is 6.61 Å². The lowest BCUT2D eigenvalue weighted by molar-refractivity contribution is 0.319. The minimum Gasteiger partial charge on any atom is -0.494 e. The molecular formula is C15H15OS. The zero-order chi connectivity index (χ0) is 11.9. The van der Waals surface area contributed by atoms with Crippen molar-refractivity contribution in [3.63, 3.8) is 0 Å². The first-order valence-electron chi connectivity index (χ1n) is 5.76. The normalized spacial score (nSPS) is 10.2. The lowest BCUT2D eigenvalue weighted by Gasteiger charge is -2.06. The maximum Gasteiger partial charge on any atom is 0.119 e. The Balaban J connectivity index is 2.03. The van der Waals surface area contributed by atoms with Crippen LogP contribution in [0.4, 0.5) is 0 Å². The van der Waals surface area contributed by atoms with Crippen LogP contribution in [0.2, 0.25) is 0 Å². The average Bonchev–Trinajstić information content (AvgIpc) is 2.41. The largest absolute Gasteiger partial charge is 0.494 e. The van der Waals surface area contributed by atoms with Gasteiger partial charge < -0.3 is 4.74 Å². The molecule has 87 valence electrons. The summed E-state index contributed by atoms with van der Waals surface area (Å²) >= 11 is 4.87. The van der Waals surface area contributed by atoms with Crippen LogP contribution in [0.5, 0.6) is 5.75 Å². The molecular weight excluding hydrogens is 228 g/mol. The summed E-state index contributed by atoms with van der Waals surface area (Å²) in [6.45, 7) is 0.703. The van der Waals surface area contributed by atoms with Crippen molar-refractivity contribution in [2.45, 2.75) is 6.42 Å². The van der Waals surface area contributed by atoms with Gasteiger partial charge in [0.25, 0.3) is 0 Å². The number of rotatable bonds is 5. The number of benzene rings is 2. The van der Waals surface area contributed by atoms with E-state index < -0.39 is 0 Å². The summed E-state index contributed by atoms with van der Waals surface area (Å²) in [5.74, 6) is 1.66. The topological polar surface area (TPSA) is 9.23 Å². The predicted molar refractivity (Wildman–Crippen MR) is 74.4 cm³/mol. The Kier molecular flexibility index (Phi) is 4.51. The van der Waals surface area contributed by atoms with Gasteiger partial charge in [-0.3, -0.25) is 0 Å². The third kappa shape index (κ3) is 3.53. The molecule has 0 aromatic heterocycles. The van der Waals surface area contributed by atoms with Crippen LogP contribution in [-0.2, 0) is 0 Å². The maximum absolute atomic E-state index is 5.57. The third-order valence-electron chi connectivity index (χ3n) is 2.52. The van der Waals surface area contributed by atoms with Gasteiger partial charge in [-0.1, -0.05) is 55.1 Å². The summed E-state index contributed by atoms with van der Waals surface area (Å²) < 4.78 is 5.57. The Morgan fingerprint density at radius 3 is 2.12 bits per heavy atom. The van der Waals surface area contributed by atoms with Gasteiger partial charge in [-0.2, -0.15) is 0 Å². The highest BCUT2D eigenvalue weighted by molar-refractivity contribution is 7.80. The van der Waals surface area contributed by atoms with Crippen molar-refractivity contribution in [1.82, 2.24) is 0 Å². The van der Waals surface area contributed by atoms with E-state index in [1.807, 2.05) is 30.3 Å². The molecule has 0 saturated carbocycles. The van der Waals surface area contributed by atoms with Crippen LogP contribution < -0.4 is 4.74 Å². The van der Waals surface area contributed by atoms with E-state index in [1.54, 1.807) is 0 Å². The monoisotopic (exact) mass is 243 g/mol. The first-order chi connectivity index (χ1) is 8.40. The van der Waals surface area contributed by atoms with E-state index in [1.165, 1.54) is 11.1 Å². The van der Waals surface area contributed by atoms with E-state index in [0.717, 1.165) is 17.9 Å². The fourth-order valence-corrected chi connectivity index (χ4v) is 1.74. The van der Waals surface area contributed by atoms with Gasteiger partial charge in [0, 0.05) is 5.75 Å². The molecule has 2 rings (SSSR count). The molecule has 0 heterocycles. The Hall–Kier alpha value is -1.41. The highest BCUT2D eigenvalue weighted by Crippen LogP contribution is 2.21. The standard InChI is InChI=1S/C15H15OS/c17-12-4-11-16-15-9-7-14(8-10-15)13-5-2-1-3-6-13/h1-3,5-10H,4,11-12H2. The van der Waals surface area contributed by atoms with Crippen LogP contribution >= 0.6 is 12.6 Å². The molecule has 0 spiro atoms. The highest BCUT2D eigenvalue weighted by Gasteiger charge is 1.97. The molecule has 0 bridgehead atoms. The molecule has 0 unspecified atom stereocenters. The van der Waals surface area contributed by atoms with Crippen molar-refractivity contribution in [1.29, 1.82) is 0 Å². The number of ether oxygens (including phenoxy) is 1. The minimum absolute atomic E-state index is 0.703. The zero-order valence-electron chi connectivity index (χ0n) is 9.63. The highest BCUT2D eigenvalue weighted by atomic mass is 32.1. The minimum atomic E-state index is 0.703. The molecule has 2 aromatic rings. The number of hydrogen-bond donors (Lipinski definition) is 0. The lowest BCUT2D eigenvalue weighted by Crippen LogP contribution is -1.97. The third-order valence-corrected chi connectivity index (χ3v) is 2.81. The van der Waals surface area contributed by atoms with Crippen LogP contribution in [0.3, 0.4) is 0 Å². The van der Waals surface area contributed by atoms with E-state index in [9.17, 15) is 0 Å². The molecule has 17 heavy (non-hydrogen) atoms. The van der Waals surface area contributed by atoms with Crippen molar-refractivity contribution in [2.24, 2.45) is 0 Å². The molecule has 0 aliphatic rings. The van der Waals surface area contributed by atoms with E-state index in [4.69, 9.17) is 17.4 Å². The van der Waals surface area contributed by atoms with Gasteiger partial charge in [0.15, 0.2) is 0 Å². The summed E-state index contributed by atoms with van der Waals surface area (Å²) in [5.41, 5.74) is 2.44. The first kappa shape index (κ1) is 12.1. The van der Waals surface area contributed by atoms with Crippen LogP contribution in [0.15, 0.2) is 54.6 Å². The SMILES string of the molecule is [S]CCCOc1ccc(-c2ccccc2)cc1. The van der Waals surface area contributed by atoms with Crippen LogP contribution in [0, 0.1) is 0 Å². The van der Waals surface area contributed by atoms with E-state index in [2.05, 4.69) is 24.3 Å². The number of hydrogen-bond acceptors (Lipinski definition) is 1. The Morgan fingerprint density at radius 1 is 0.824 bits per heavy atom. The van der Waals surface area contributed by atoms with E-state index in [-0.39, 0.29) is 0 Å². The molecule has 0 saturated heterocycles. The zero-order valence-corrected chi connectivity index (χ0v) is 10.5. The second kappa shape index (κ2) is 6.36. The van der Waals surface area contributed by atoms with Gasteiger partial charge in [0.1, 0.15) is 5.75 Å². The first-order valence-corrected chi connectivity index (χ1v) is 6.34. The fourth-order valence-electron chi connectivity index (χ4n) is 1.62. The van der Waals surface area contributed by atoms with Gasteiger partial charge in [-0.25, -0.2) is 0 Å². The van der Waals surface area contributed by atoms with Crippen molar-refractivity contribution >= 4 is 12.6 Å². The van der Waals surface area contributed by atoms with E-state index in [0.29, 0.717) is 6.61 Å². The molecule has 0 fully saturated rings. The van der Waals surface area contributed by atoms with Crippen molar-refractivity contribution < 1.29 is 4.74 Å². The van der Waals surface area contributed by atoms with Crippen molar-refractivity contribution in [3.05, 3.63) is 54.6 Å². The second-order valence-corrected chi connectivity index (χ2v) is 4.20. The van der Waals surface area contributed by atoms with Crippen molar-refractivity contribution in [2.75, 3.05) is 12.4 Å². The summed E-state index contributed by atoms with van der Waals surface area (Å²) in [7, 11) is 0. The molecule has 0 N–H and O–H groups in total. The Morgan fingerprint density at radius 2 is 1.47 bits per heavy atom. The summed E-state index contributed by atoms with van der Waals surface area (Å²) in [5, 5.41) is 0. The molecule has 1 nitrogen and oxygen atoms in total. The summed E-state index contributed by atoms with van der Waals surface area (Å²) in [4.78, 5) is 0. The van der Waals surface area contributed by atoms with Gasteiger partial charge >= 0.3 is 0 Å². The smallest absolute Gasteiger partial charge is 0.119 e. The fraction of sp³-hybridized carbons (Fsp3) is 0.200. The lowest BCUT2D eigenvalue weighted by atomic mass is 10.1. The second-order valence-electron chi connectivity index (χ2n) is 3.80. The quantitative estimate of drug-likeness (QED) is 0.711. The molecule has 2 aromatic carbocycles. The Labute approximate surface area is 108 Å². The predicted octanol–water partition coefficient (Wildman–Crippen LogP) is 4.32. The van der Waals surface area contributed by atoms with E-state index >= 15 is 0 Å². The Bertz CT molecular complexity index is 436. The van der Waals surface area contributed by atoms with Crippen molar-refractivity contribution in [3.8, 4) is 16.9 Å².